The van der Waals surface area contributed by atoms with Gasteiger partial charge in [-0.15, -0.1) is 0 Å². The molecule has 1 atom stereocenters. The van der Waals surface area contributed by atoms with E-state index in [1.54, 1.807) is 0 Å². The van der Waals surface area contributed by atoms with Gasteiger partial charge in [0.2, 0.25) is 5.91 Å². The first-order valence-electron chi connectivity index (χ1n) is 8.99. The number of nitrogens with one attached hydrogen (secondary N) is 1. The van der Waals surface area contributed by atoms with E-state index in [0.717, 1.165) is 17.7 Å². The Morgan fingerprint density at radius 2 is 1.74 bits per heavy atom. The fraction of sp³-hybridized carbons (Fsp3) is 0.381. The summed E-state index contributed by atoms with van der Waals surface area (Å²) >= 11 is 0. The van der Waals surface area contributed by atoms with Gasteiger partial charge in [0, 0.05) is 6.04 Å². The fourth-order valence-electron chi connectivity index (χ4n) is 3.46. The quantitative estimate of drug-likeness (QED) is 0.806. The van der Waals surface area contributed by atoms with Crippen molar-refractivity contribution >= 4 is 5.91 Å². The van der Waals surface area contributed by atoms with E-state index in [-0.39, 0.29) is 30.4 Å². The minimum atomic E-state index is -4.43. The zero-order chi connectivity index (χ0) is 19.4. The van der Waals surface area contributed by atoms with Crippen LogP contribution in [0.25, 0.3) is 0 Å². The predicted molar refractivity (Wildman–Crippen MR) is 96.0 cm³/mol. The van der Waals surface area contributed by atoms with Crippen molar-refractivity contribution in [2.75, 3.05) is 0 Å². The first kappa shape index (κ1) is 19.4. The fourth-order valence-corrected chi connectivity index (χ4v) is 3.46. The molecule has 0 heterocycles. The largest absolute Gasteiger partial charge is 0.416 e. The molecule has 1 aliphatic carbocycles. The van der Waals surface area contributed by atoms with Crippen molar-refractivity contribution in [1.29, 1.82) is 0 Å². The number of halogens is 3. The number of hydrogen-bond donors (Lipinski definition) is 2. The topological polar surface area (TPSA) is 49.3 Å². The average molecular weight is 377 g/mol. The van der Waals surface area contributed by atoms with E-state index in [1.165, 1.54) is 12.1 Å². The van der Waals surface area contributed by atoms with Crippen molar-refractivity contribution in [2.45, 2.75) is 44.0 Å². The molecule has 0 aromatic heterocycles. The van der Waals surface area contributed by atoms with Crippen LogP contribution in [0, 0.1) is 5.92 Å². The van der Waals surface area contributed by atoms with E-state index >= 15 is 0 Å². The summed E-state index contributed by atoms with van der Waals surface area (Å²) in [6.07, 6.45) is -2.99. The summed E-state index contributed by atoms with van der Waals surface area (Å²) < 4.78 is 38.5. The molecule has 2 N–H and O–H groups in total. The molecular weight excluding hydrogens is 355 g/mol. The average Bonchev–Trinajstić information content (AvgIpc) is 2.59. The lowest BCUT2D eigenvalue weighted by Gasteiger charge is -2.38. The number of carbonyl (C=O) groups excluding carboxylic acids is 1. The molecule has 0 spiro atoms. The number of carbonyl (C=O) groups is 1. The third-order valence-electron chi connectivity index (χ3n) is 4.98. The maximum absolute atomic E-state index is 12.8. The van der Waals surface area contributed by atoms with Crippen LogP contribution in [-0.2, 0) is 23.8 Å². The van der Waals surface area contributed by atoms with E-state index < -0.39 is 11.7 Å². The highest BCUT2D eigenvalue weighted by Gasteiger charge is 2.35. The maximum atomic E-state index is 12.8. The summed E-state index contributed by atoms with van der Waals surface area (Å²) in [6.45, 7) is 0. The molecule has 1 saturated carbocycles. The molecule has 0 saturated heterocycles. The highest BCUT2D eigenvalue weighted by molar-refractivity contribution is 5.79. The minimum Gasteiger partial charge on any atom is -0.393 e. The molecule has 0 bridgehead atoms. The summed E-state index contributed by atoms with van der Waals surface area (Å²) in [4.78, 5) is 12.4. The van der Waals surface area contributed by atoms with E-state index in [9.17, 15) is 23.1 Å². The van der Waals surface area contributed by atoms with E-state index in [4.69, 9.17) is 0 Å². The van der Waals surface area contributed by atoms with Gasteiger partial charge < -0.3 is 10.4 Å². The Labute approximate surface area is 156 Å². The van der Waals surface area contributed by atoms with Crippen LogP contribution < -0.4 is 5.32 Å². The Kier molecular flexibility index (Phi) is 5.85. The van der Waals surface area contributed by atoms with E-state index in [1.807, 2.05) is 30.3 Å². The standard InChI is InChI=1S/C21H22F3NO2/c22-21(23,24)17-8-4-7-15(9-17)11-20(27)25-19(16-12-18(26)13-16)10-14-5-2-1-3-6-14/h1-9,16,18-19,26H,10-13H2,(H,25,27). The van der Waals surface area contributed by atoms with Gasteiger partial charge in [-0.2, -0.15) is 13.2 Å². The summed E-state index contributed by atoms with van der Waals surface area (Å²) in [7, 11) is 0. The Morgan fingerprint density at radius 3 is 2.37 bits per heavy atom. The predicted octanol–water partition coefficient (Wildman–Crippen LogP) is 3.75. The summed E-state index contributed by atoms with van der Waals surface area (Å²) in [5.74, 6) is -0.137. The molecule has 0 radical (unpaired) electrons. The van der Waals surface area contributed by atoms with Crippen LogP contribution in [0.1, 0.15) is 29.5 Å². The van der Waals surface area contributed by atoms with Crippen LogP contribution in [-0.4, -0.2) is 23.2 Å². The second-order valence-electron chi connectivity index (χ2n) is 7.12. The summed E-state index contributed by atoms with van der Waals surface area (Å²) in [6, 6.07) is 14.4. The number of benzene rings is 2. The van der Waals surface area contributed by atoms with Gasteiger partial charge in [0.15, 0.2) is 0 Å². The van der Waals surface area contributed by atoms with Gasteiger partial charge in [0.1, 0.15) is 0 Å². The van der Waals surface area contributed by atoms with Gasteiger partial charge in [0.05, 0.1) is 18.1 Å². The summed E-state index contributed by atoms with van der Waals surface area (Å²) in [5, 5.41) is 12.6. The number of alkyl halides is 3. The van der Waals surface area contributed by atoms with Crippen LogP contribution in [0.2, 0.25) is 0 Å². The van der Waals surface area contributed by atoms with Crippen molar-refractivity contribution < 1.29 is 23.1 Å². The van der Waals surface area contributed by atoms with E-state index in [2.05, 4.69) is 5.32 Å². The molecular formula is C21H22F3NO2. The first-order chi connectivity index (χ1) is 12.8. The van der Waals surface area contributed by atoms with Crippen LogP contribution in [0.3, 0.4) is 0 Å². The molecule has 144 valence electrons. The van der Waals surface area contributed by atoms with Gasteiger partial charge in [-0.05, 0) is 42.4 Å². The molecule has 0 aliphatic heterocycles. The van der Waals surface area contributed by atoms with Crippen molar-refractivity contribution in [2.24, 2.45) is 5.92 Å². The lowest BCUT2D eigenvalue weighted by atomic mass is 9.75. The zero-order valence-corrected chi connectivity index (χ0v) is 14.7. The number of hydrogen-bond acceptors (Lipinski definition) is 2. The van der Waals surface area contributed by atoms with E-state index in [0.29, 0.717) is 24.8 Å². The number of aliphatic hydroxyl groups is 1. The summed E-state index contributed by atoms with van der Waals surface area (Å²) in [5.41, 5.74) is 0.647. The molecule has 1 unspecified atom stereocenters. The number of aliphatic hydroxyl groups excluding tert-OH is 1. The van der Waals surface area contributed by atoms with Crippen molar-refractivity contribution in [3.63, 3.8) is 0 Å². The number of amides is 1. The molecule has 27 heavy (non-hydrogen) atoms. The Morgan fingerprint density at radius 1 is 1.07 bits per heavy atom. The second kappa shape index (κ2) is 8.13. The SMILES string of the molecule is O=C(Cc1cccc(C(F)(F)F)c1)NC(Cc1ccccc1)C1CC(O)C1. The monoisotopic (exact) mass is 377 g/mol. The van der Waals surface area contributed by atoms with Gasteiger partial charge in [-0.1, -0.05) is 48.5 Å². The minimum absolute atomic E-state index is 0.107. The van der Waals surface area contributed by atoms with Gasteiger partial charge >= 0.3 is 6.18 Å². The number of rotatable bonds is 6. The smallest absolute Gasteiger partial charge is 0.393 e. The Hall–Kier alpha value is -2.34. The third-order valence-corrected chi connectivity index (χ3v) is 4.98. The van der Waals surface area contributed by atoms with Gasteiger partial charge in [-0.3, -0.25) is 4.79 Å². The van der Waals surface area contributed by atoms with Crippen LogP contribution >= 0.6 is 0 Å². The molecule has 2 aromatic carbocycles. The molecule has 2 aromatic rings. The Balaban J connectivity index is 1.65. The lowest BCUT2D eigenvalue weighted by molar-refractivity contribution is -0.137. The molecule has 3 rings (SSSR count). The van der Waals surface area contributed by atoms with Crippen LogP contribution in [0.4, 0.5) is 13.2 Å². The van der Waals surface area contributed by atoms with Gasteiger partial charge in [-0.25, -0.2) is 0 Å². The van der Waals surface area contributed by atoms with Crippen molar-refractivity contribution in [1.82, 2.24) is 5.32 Å². The molecule has 1 aliphatic rings. The molecule has 1 amide bonds. The molecule has 3 nitrogen and oxygen atoms in total. The highest BCUT2D eigenvalue weighted by Crippen LogP contribution is 2.32. The molecule has 1 fully saturated rings. The first-order valence-corrected chi connectivity index (χ1v) is 8.99. The molecule has 6 heteroatoms. The van der Waals surface area contributed by atoms with Crippen LogP contribution in [0.5, 0.6) is 0 Å². The third kappa shape index (κ3) is 5.32. The normalized spacial score (nSPS) is 20.6. The maximum Gasteiger partial charge on any atom is 0.416 e. The lowest BCUT2D eigenvalue weighted by Crippen LogP contribution is -2.48. The van der Waals surface area contributed by atoms with Crippen LogP contribution in [0.15, 0.2) is 54.6 Å². The van der Waals surface area contributed by atoms with Gasteiger partial charge in [0.25, 0.3) is 0 Å². The van der Waals surface area contributed by atoms with Crippen molar-refractivity contribution in [3.8, 4) is 0 Å². The highest BCUT2D eigenvalue weighted by atomic mass is 19.4. The zero-order valence-electron chi connectivity index (χ0n) is 14.7. The second-order valence-corrected chi connectivity index (χ2v) is 7.12. The Bertz CT molecular complexity index is 770. The van der Waals surface area contributed by atoms with Crippen molar-refractivity contribution in [3.05, 3.63) is 71.3 Å².